The van der Waals surface area contributed by atoms with Crippen LogP contribution in [-0.2, 0) is 9.53 Å². The van der Waals surface area contributed by atoms with Crippen molar-refractivity contribution in [3.63, 3.8) is 0 Å². The molecule has 1 aromatic rings. The molecule has 0 atom stereocenters. The van der Waals surface area contributed by atoms with Crippen LogP contribution in [0.3, 0.4) is 0 Å². The van der Waals surface area contributed by atoms with Crippen LogP contribution in [0.4, 0.5) is 5.69 Å². The highest BCUT2D eigenvalue weighted by Crippen LogP contribution is 2.04. The van der Waals surface area contributed by atoms with Gasteiger partial charge in [-0.2, -0.15) is 0 Å². The van der Waals surface area contributed by atoms with Crippen LogP contribution < -0.4 is 16.0 Å². The molecule has 0 radical (unpaired) electrons. The number of aliphatic imine (C=N–C) groups is 1. The Morgan fingerprint density at radius 3 is 2.62 bits per heavy atom. The van der Waals surface area contributed by atoms with Gasteiger partial charge < -0.3 is 20.7 Å². The third-order valence-corrected chi connectivity index (χ3v) is 3.83. The number of carbonyl (C=O) groups is 1. The second kappa shape index (κ2) is 13.8. The molecule has 0 saturated carbocycles. The fraction of sp³-hybridized carbons (Fsp3) is 0.556. The SMILES string of the molecule is CCNC(=NCC(=O)Nc1ccccc1)NCCCN1CCOCC1.I. The summed E-state index contributed by atoms with van der Waals surface area (Å²) in [7, 11) is 0. The molecule has 1 fully saturated rings. The molecule has 26 heavy (non-hydrogen) atoms. The standard InChI is InChI=1S/C18H29N5O2.HI/c1-2-19-18(20-9-6-10-23-11-13-25-14-12-23)21-15-17(24)22-16-7-4-3-5-8-16;/h3-5,7-8H,2,6,9-15H2,1H3,(H,22,24)(H2,19,20,21);1H. The zero-order valence-corrected chi connectivity index (χ0v) is 17.7. The number of hydrogen-bond donors (Lipinski definition) is 3. The number of ether oxygens (including phenoxy) is 1. The molecule has 0 unspecified atom stereocenters. The van der Waals surface area contributed by atoms with E-state index in [-0.39, 0.29) is 36.4 Å². The van der Waals surface area contributed by atoms with Gasteiger partial charge in [0.2, 0.25) is 5.91 Å². The average Bonchev–Trinajstić information content (AvgIpc) is 2.65. The number of halogens is 1. The van der Waals surface area contributed by atoms with Gasteiger partial charge in [-0.1, -0.05) is 18.2 Å². The number of carbonyl (C=O) groups excluding carboxylic acids is 1. The number of amides is 1. The van der Waals surface area contributed by atoms with E-state index in [2.05, 4.69) is 25.8 Å². The molecule has 0 bridgehead atoms. The van der Waals surface area contributed by atoms with E-state index in [1.165, 1.54) is 0 Å². The van der Waals surface area contributed by atoms with Crippen LogP contribution >= 0.6 is 24.0 Å². The molecule has 1 saturated heterocycles. The Balaban J connectivity index is 0.00000338. The minimum Gasteiger partial charge on any atom is -0.379 e. The number of rotatable bonds is 8. The number of nitrogens with one attached hydrogen (secondary N) is 3. The van der Waals surface area contributed by atoms with Crippen molar-refractivity contribution < 1.29 is 9.53 Å². The van der Waals surface area contributed by atoms with Crippen molar-refractivity contribution in [2.75, 3.05) is 57.8 Å². The smallest absolute Gasteiger partial charge is 0.246 e. The van der Waals surface area contributed by atoms with Gasteiger partial charge in [-0.05, 0) is 32.0 Å². The van der Waals surface area contributed by atoms with Crippen molar-refractivity contribution in [3.05, 3.63) is 30.3 Å². The van der Waals surface area contributed by atoms with Gasteiger partial charge in [-0.15, -0.1) is 24.0 Å². The van der Waals surface area contributed by atoms with Crippen LogP contribution in [0.2, 0.25) is 0 Å². The van der Waals surface area contributed by atoms with Gasteiger partial charge in [-0.3, -0.25) is 9.69 Å². The zero-order valence-electron chi connectivity index (χ0n) is 15.4. The van der Waals surface area contributed by atoms with E-state index in [0.29, 0.717) is 5.96 Å². The highest BCUT2D eigenvalue weighted by Gasteiger charge is 2.09. The van der Waals surface area contributed by atoms with E-state index in [4.69, 9.17) is 4.74 Å². The Kier molecular flexibility index (Phi) is 12.0. The number of guanidine groups is 1. The predicted molar refractivity (Wildman–Crippen MR) is 116 cm³/mol. The Labute approximate surface area is 173 Å². The molecule has 7 nitrogen and oxygen atoms in total. The second-order valence-corrected chi connectivity index (χ2v) is 5.84. The molecule has 8 heteroatoms. The molecule has 1 aliphatic rings. The van der Waals surface area contributed by atoms with Crippen LogP contribution in [-0.4, -0.2) is 69.2 Å². The Hall–Kier alpha value is -1.39. The Morgan fingerprint density at radius 2 is 1.92 bits per heavy atom. The summed E-state index contributed by atoms with van der Waals surface area (Å²) in [4.78, 5) is 18.7. The Morgan fingerprint density at radius 1 is 1.19 bits per heavy atom. The van der Waals surface area contributed by atoms with E-state index in [1.807, 2.05) is 37.3 Å². The highest BCUT2D eigenvalue weighted by atomic mass is 127. The molecule has 1 aliphatic heterocycles. The number of para-hydroxylation sites is 1. The fourth-order valence-electron chi connectivity index (χ4n) is 2.55. The van der Waals surface area contributed by atoms with Crippen molar-refractivity contribution in [2.24, 2.45) is 4.99 Å². The molecule has 146 valence electrons. The van der Waals surface area contributed by atoms with Crippen LogP contribution in [0.15, 0.2) is 35.3 Å². The number of nitrogens with zero attached hydrogens (tertiary/aromatic N) is 2. The monoisotopic (exact) mass is 475 g/mol. The summed E-state index contributed by atoms with van der Waals surface area (Å²) in [5, 5.41) is 9.28. The number of benzene rings is 1. The Bertz CT molecular complexity index is 536. The first kappa shape index (κ1) is 22.7. The highest BCUT2D eigenvalue weighted by molar-refractivity contribution is 14.0. The normalized spacial score (nSPS) is 15.0. The van der Waals surface area contributed by atoms with E-state index in [0.717, 1.165) is 58.0 Å². The van der Waals surface area contributed by atoms with Crippen molar-refractivity contribution in [2.45, 2.75) is 13.3 Å². The molecule has 2 rings (SSSR count). The first-order chi connectivity index (χ1) is 12.3. The third-order valence-electron chi connectivity index (χ3n) is 3.83. The molecule has 1 amide bonds. The third kappa shape index (κ3) is 9.35. The van der Waals surface area contributed by atoms with Crippen molar-refractivity contribution in [3.8, 4) is 0 Å². The maximum absolute atomic E-state index is 12.0. The lowest BCUT2D eigenvalue weighted by atomic mass is 10.3. The minimum atomic E-state index is -0.128. The first-order valence-corrected chi connectivity index (χ1v) is 8.95. The van der Waals surface area contributed by atoms with Gasteiger partial charge in [0.25, 0.3) is 0 Å². The van der Waals surface area contributed by atoms with Gasteiger partial charge in [0.05, 0.1) is 13.2 Å². The van der Waals surface area contributed by atoms with Gasteiger partial charge >= 0.3 is 0 Å². The molecule has 0 aliphatic carbocycles. The number of anilines is 1. The van der Waals surface area contributed by atoms with E-state index < -0.39 is 0 Å². The number of hydrogen-bond acceptors (Lipinski definition) is 4. The van der Waals surface area contributed by atoms with E-state index in [9.17, 15) is 4.79 Å². The summed E-state index contributed by atoms with van der Waals surface area (Å²) in [5.41, 5.74) is 0.783. The van der Waals surface area contributed by atoms with Crippen molar-refractivity contribution in [1.82, 2.24) is 15.5 Å². The van der Waals surface area contributed by atoms with Gasteiger partial charge in [0.1, 0.15) is 6.54 Å². The quantitative estimate of drug-likeness (QED) is 0.230. The van der Waals surface area contributed by atoms with Crippen LogP contribution in [0, 0.1) is 0 Å². The van der Waals surface area contributed by atoms with Gasteiger partial charge in [0.15, 0.2) is 5.96 Å². The molecule has 1 aromatic carbocycles. The molecule has 3 N–H and O–H groups in total. The lowest BCUT2D eigenvalue weighted by molar-refractivity contribution is -0.114. The van der Waals surface area contributed by atoms with Gasteiger partial charge in [0, 0.05) is 31.9 Å². The van der Waals surface area contributed by atoms with Crippen LogP contribution in [0.1, 0.15) is 13.3 Å². The van der Waals surface area contributed by atoms with Crippen LogP contribution in [0.25, 0.3) is 0 Å². The van der Waals surface area contributed by atoms with E-state index in [1.54, 1.807) is 0 Å². The topological polar surface area (TPSA) is 78.0 Å². The maximum atomic E-state index is 12.0. The van der Waals surface area contributed by atoms with Crippen molar-refractivity contribution >= 4 is 41.5 Å². The zero-order chi connectivity index (χ0) is 17.7. The average molecular weight is 475 g/mol. The summed E-state index contributed by atoms with van der Waals surface area (Å²) in [6.45, 7) is 8.40. The summed E-state index contributed by atoms with van der Waals surface area (Å²) in [6.07, 6.45) is 1.03. The minimum absolute atomic E-state index is 0. The van der Waals surface area contributed by atoms with E-state index >= 15 is 0 Å². The van der Waals surface area contributed by atoms with Gasteiger partial charge in [-0.25, -0.2) is 4.99 Å². The molecule has 0 aromatic heterocycles. The molecule has 1 heterocycles. The predicted octanol–water partition coefficient (Wildman–Crippen LogP) is 1.52. The second-order valence-electron chi connectivity index (χ2n) is 5.84. The molecule has 0 spiro atoms. The number of morpholine rings is 1. The lowest BCUT2D eigenvalue weighted by Gasteiger charge is -2.26. The summed E-state index contributed by atoms with van der Waals surface area (Å²) in [6, 6.07) is 9.41. The maximum Gasteiger partial charge on any atom is 0.246 e. The van der Waals surface area contributed by atoms with Crippen LogP contribution in [0.5, 0.6) is 0 Å². The lowest BCUT2D eigenvalue weighted by Crippen LogP contribution is -2.41. The summed E-state index contributed by atoms with van der Waals surface area (Å²) < 4.78 is 5.35. The summed E-state index contributed by atoms with van der Waals surface area (Å²) in [5.74, 6) is 0.546. The first-order valence-electron chi connectivity index (χ1n) is 8.95. The molecular formula is C18H30IN5O2. The van der Waals surface area contributed by atoms with Crippen molar-refractivity contribution in [1.29, 1.82) is 0 Å². The summed E-state index contributed by atoms with van der Waals surface area (Å²) >= 11 is 0. The fourth-order valence-corrected chi connectivity index (χ4v) is 2.55. The largest absolute Gasteiger partial charge is 0.379 e. The molecular weight excluding hydrogens is 445 g/mol.